The van der Waals surface area contributed by atoms with Crippen LogP contribution >= 0.6 is 11.6 Å². The lowest BCUT2D eigenvalue weighted by atomic mass is 10.1. The fraction of sp³-hybridized carbons (Fsp3) is 0.154. The van der Waals surface area contributed by atoms with E-state index in [0.29, 0.717) is 28.0 Å². The van der Waals surface area contributed by atoms with Crippen LogP contribution in [0.4, 0.5) is 0 Å². The molecule has 1 aromatic carbocycles. The maximum absolute atomic E-state index is 8.67. The molecular weight excluding hydrogens is 254 g/mol. The molecule has 0 amide bonds. The summed E-state index contributed by atoms with van der Waals surface area (Å²) in [5.41, 5.74) is 1.25. The summed E-state index contributed by atoms with van der Waals surface area (Å²) in [6, 6.07) is 8.91. The lowest BCUT2D eigenvalue weighted by Crippen LogP contribution is -1.90. The largest absolute Gasteiger partial charge is 0.495 e. The molecule has 0 bridgehead atoms. The van der Waals surface area contributed by atoms with Crippen LogP contribution in [0.15, 0.2) is 39.9 Å². The van der Waals surface area contributed by atoms with Crippen LogP contribution in [0.2, 0.25) is 5.02 Å². The van der Waals surface area contributed by atoms with Gasteiger partial charge in [-0.05, 0) is 37.3 Å². The number of benzene rings is 1. The predicted octanol–water partition coefficient (Wildman–Crippen LogP) is 3.81. The molecule has 0 spiro atoms. The zero-order valence-electron chi connectivity index (χ0n) is 9.98. The first-order valence-corrected chi connectivity index (χ1v) is 5.66. The fourth-order valence-corrected chi connectivity index (χ4v) is 1.81. The van der Waals surface area contributed by atoms with E-state index < -0.39 is 0 Å². The van der Waals surface area contributed by atoms with Crippen molar-refractivity contribution < 1.29 is 14.4 Å². The highest BCUT2D eigenvalue weighted by Gasteiger charge is 2.09. The molecule has 0 unspecified atom stereocenters. The number of hydrogen-bond acceptors (Lipinski definition) is 4. The van der Waals surface area contributed by atoms with Crippen molar-refractivity contribution in [3.05, 3.63) is 41.1 Å². The summed E-state index contributed by atoms with van der Waals surface area (Å²) in [7, 11) is 1.56. The lowest BCUT2D eigenvalue weighted by molar-refractivity contribution is 0.317. The predicted molar refractivity (Wildman–Crippen MR) is 69.7 cm³/mol. The molecule has 0 fully saturated rings. The van der Waals surface area contributed by atoms with E-state index >= 15 is 0 Å². The van der Waals surface area contributed by atoms with Gasteiger partial charge in [0.2, 0.25) is 0 Å². The Morgan fingerprint density at radius 3 is 2.72 bits per heavy atom. The van der Waals surface area contributed by atoms with Crippen molar-refractivity contribution in [2.24, 2.45) is 5.16 Å². The van der Waals surface area contributed by atoms with Crippen LogP contribution in [0, 0.1) is 0 Å². The van der Waals surface area contributed by atoms with E-state index in [9.17, 15) is 0 Å². The second kappa shape index (κ2) is 5.14. The van der Waals surface area contributed by atoms with Gasteiger partial charge in [-0.25, -0.2) is 0 Å². The Labute approximate surface area is 109 Å². The molecule has 2 aromatic rings. The molecule has 5 heteroatoms. The molecular formula is C13H12ClNO3. The molecule has 2 rings (SSSR count). The van der Waals surface area contributed by atoms with Crippen LogP contribution in [-0.2, 0) is 0 Å². The fourth-order valence-electron chi connectivity index (χ4n) is 1.56. The van der Waals surface area contributed by atoms with Gasteiger partial charge in [-0.1, -0.05) is 16.8 Å². The molecule has 18 heavy (non-hydrogen) atoms. The summed E-state index contributed by atoms with van der Waals surface area (Å²) in [5.74, 6) is 1.78. The van der Waals surface area contributed by atoms with E-state index in [1.807, 2.05) is 6.07 Å². The van der Waals surface area contributed by atoms with E-state index in [-0.39, 0.29) is 0 Å². The highest BCUT2D eigenvalue weighted by Crippen LogP contribution is 2.31. The summed E-state index contributed by atoms with van der Waals surface area (Å²) in [6.07, 6.45) is 0. The Balaban J connectivity index is 2.37. The molecule has 1 aromatic heterocycles. The second-order valence-corrected chi connectivity index (χ2v) is 4.11. The number of furan rings is 1. The Bertz CT molecular complexity index is 590. The number of halogens is 1. The number of rotatable bonds is 3. The molecule has 0 saturated carbocycles. The molecule has 94 valence electrons. The SMILES string of the molecule is COc1ccc(-c2ccc(/C(C)=N/O)o2)cc1Cl. The highest BCUT2D eigenvalue weighted by molar-refractivity contribution is 6.32. The summed E-state index contributed by atoms with van der Waals surface area (Å²) in [5, 5.41) is 12.3. The number of methoxy groups -OCH3 is 1. The molecule has 1 N–H and O–H groups in total. The van der Waals surface area contributed by atoms with Crippen LogP contribution < -0.4 is 4.74 Å². The van der Waals surface area contributed by atoms with E-state index in [4.69, 9.17) is 26.0 Å². The minimum atomic E-state index is 0.417. The van der Waals surface area contributed by atoms with Crippen molar-refractivity contribution >= 4 is 17.3 Å². The van der Waals surface area contributed by atoms with Gasteiger partial charge in [0, 0.05) is 5.56 Å². The number of hydrogen-bond donors (Lipinski definition) is 1. The summed E-state index contributed by atoms with van der Waals surface area (Å²) in [4.78, 5) is 0. The van der Waals surface area contributed by atoms with Crippen LogP contribution in [-0.4, -0.2) is 18.0 Å². The molecule has 0 aliphatic heterocycles. The Kier molecular flexibility index (Phi) is 3.58. The van der Waals surface area contributed by atoms with E-state index in [1.165, 1.54) is 0 Å². The number of ether oxygens (including phenoxy) is 1. The first kappa shape index (κ1) is 12.5. The van der Waals surface area contributed by atoms with Gasteiger partial charge in [0.1, 0.15) is 17.2 Å². The zero-order chi connectivity index (χ0) is 13.1. The Morgan fingerprint density at radius 1 is 1.33 bits per heavy atom. The van der Waals surface area contributed by atoms with Crippen molar-refractivity contribution in [2.45, 2.75) is 6.92 Å². The molecule has 0 saturated heterocycles. The summed E-state index contributed by atoms with van der Waals surface area (Å²) in [6.45, 7) is 1.66. The number of oxime groups is 1. The summed E-state index contributed by atoms with van der Waals surface area (Å²) >= 11 is 6.05. The average molecular weight is 266 g/mol. The van der Waals surface area contributed by atoms with Crippen LogP contribution in [0.1, 0.15) is 12.7 Å². The summed E-state index contributed by atoms with van der Waals surface area (Å²) < 4.78 is 10.6. The minimum absolute atomic E-state index is 0.417. The molecule has 0 atom stereocenters. The smallest absolute Gasteiger partial charge is 0.152 e. The van der Waals surface area contributed by atoms with Crippen molar-refractivity contribution in [2.75, 3.05) is 7.11 Å². The van der Waals surface area contributed by atoms with Gasteiger partial charge < -0.3 is 14.4 Å². The van der Waals surface area contributed by atoms with Gasteiger partial charge in [0.25, 0.3) is 0 Å². The number of nitrogens with zero attached hydrogens (tertiary/aromatic N) is 1. The monoisotopic (exact) mass is 265 g/mol. The van der Waals surface area contributed by atoms with Gasteiger partial charge in [-0.2, -0.15) is 0 Å². The second-order valence-electron chi connectivity index (χ2n) is 3.70. The van der Waals surface area contributed by atoms with Gasteiger partial charge in [0.15, 0.2) is 5.76 Å². The van der Waals surface area contributed by atoms with Gasteiger partial charge in [-0.3, -0.25) is 0 Å². The third kappa shape index (κ3) is 2.33. The van der Waals surface area contributed by atoms with E-state index in [0.717, 1.165) is 5.56 Å². The van der Waals surface area contributed by atoms with Crippen molar-refractivity contribution in [3.8, 4) is 17.1 Å². The van der Waals surface area contributed by atoms with E-state index in [1.54, 1.807) is 38.3 Å². The molecule has 0 aliphatic rings. The third-order valence-electron chi connectivity index (χ3n) is 2.55. The van der Waals surface area contributed by atoms with Crippen LogP contribution in [0.25, 0.3) is 11.3 Å². The van der Waals surface area contributed by atoms with Crippen molar-refractivity contribution in [1.82, 2.24) is 0 Å². The average Bonchev–Trinajstić information content (AvgIpc) is 2.87. The van der Waals surface area contributed by atoms with Crippen LogP contribution in [0.3, 0.4) is 0 Å². The third-order valence-corrected chi connectivity index (χ3v) is 2.84. The standard InChI is InChI=1S/C13H12ClNO3/c1-8(15-16)11-5-6-12(18-11)9-3-4-13(17-2)10(14)7-9/h3-7,16H,1-2H3/b15-8+. The first-order valence-electron chi connectivity index (χ1n) is 5.28. The topological polar surface area (TPSA) is 55.0 Å². The Morgan fingerprint density at radius 2 is 2.11 bits per heavy atom. The lowest BCUT2D eigenvalue weighted by Gasteiger charge is -2.04. The maximum Gasteiger partial charge on any atom is 0.152 e. The molecule has 1 heterocycles. The van der Waals surface area contributed by atoms with Crippen LogP contribution in [0.5, 0.6) is 5.75 Å². The normalized spacial score (nSPS) is 11.6. The van der Waals surface area contributed by atoms with Gasteiger partial charge in [0.05, 0.1) is 12.1 Å². The first-order chi connectivity index (χ1) is 8.65. The minimum Gasteiger partial charge on any atom is -0.495 e. The molecule has 0 aliphatic carbocycles. The van der Waals surface area contributed by atoms with Crippen molar-refractivity contribution in [1.29, 1.82) is 0 Å². The van der Waals surface area contributed by atoms with Gasteiger partial charge in [-0.15, -0.1) is 0 Å². The highest BCUT2D eigenvalue weighted by atomic mass is 35.5. The van der Waals surface area contributed by atoms with Gasteiger partial charge >= 0.3 is 0 Å². The van der Waals surface area contributed by atoms with Crippen molar-refractivity contribution in [3.63, 3.8) is 0 Å². The zero-order valence-corrected chi connectivity index (χ0v) is 10.7. The van der Waals surface area contributed by atoms with E-state index in [2.05, 4.69) is 5.16 Å². The molecule has 0 radical (unpaired) electrons. The molecule has 4 nitrogen and oxygen atoms in total. The quantitative estimate of drug-likeness (QED) is 0.522. The Hall–Kier alpha value is -1.94. The maximum atomic E-state index is 8.67.